The summed E-state index contributed by atoms with van der Waals surface area (Å²) in [4.78, 5) is 26.7. The van der Waals surface area contributed by atoms with Crippen LogP contribution in [0.3, 0.4) is 0 Å². The van der Waals surface area contributed by atoms with Gasteiger partial charge in [0.15, 0.2) is 5.78 Å². The molecule has 1 aromatic heterocycles. The first-order chi connectivity index (χ1) is 10.1. The summed E-state index contributed by atoms with van der Waals surface area (Å²) in [5, 5.41) is 11.5. The van der Waals surface area contributed by atoms with E-state index in [4.69, 9.17) is 0 Å². The molecule has 0 bridgehead atoms. The first-order valence-electron chi connectivity index (χ1n) is 6.29. The minimum absolute atomic E-state index is 0.0387. The van der Waals surface area contributed by atoms with E-state index in [9.17, 15) is 14.9 Å². The first-order valence-corrected chi connectivity index (χ1v) is 6.29. The van der Waals surface area contributed by atoms with Gasteiger partial charge in [-0.25, -0.2) is 0 Å². The van der Waals surface area contributed by atoms with Gasteiger partial charge in [-0.1, -0.05) is 18.2 Å². The summed E-state index contributed by atoms with van der Waals surface area (Å²) in [5.41, 5.74) is 1.64. The Hall–Kier alpha value is -3.08. The number of hydrogen-bond donors (Lipinski definition) is 0. The van der Waals surface area contributed by atoms with Crippen LogP contribution in [0, 0.1) is 10.1 Å². The fraction of sp³-hybridized carbons (Fsp3) is 0. The van der Waals surface area contributed by atoms with Crippen molar-refractivity contribution in [1.29, 1.82) is 0 Å². The molecule has 0 amide bonds. The lowest BCUT2D eigenvalue weighted by Gasteiger charge is -2.03. The average molecular weight is 278 g/mol. The Kier molecular flexibility index (Phi) is 3.16. The minimum atomic E-state index is -0.494. The summed E-state index contributed by atoms with van der Waals surface area (Å²) in [5.74, 6) is -0.205. The van der Waals surface area contributed by atoms with E-state index < -0.39 is 4.92 Å². The zero-order valence-electron chi connectivity index (χ0n) is 10.9. The van der Waals surface area contributed by atoms with Crippen LogP contribution in [0.1, 0.15) is 15.9 Å². The second kappa shape index (κ2) is 5.13. The molecule has 0 aliphatic carbocycles. The molecule has 0 unspecified atom stereocenters. The van der Waals surface area contributed by atoms with Gasteiger partial charge in [0.05, 0.1) is 10.4 Å². The van der Waals surface area contributed by atoms with Crippen molar-refractivity contribution in [2.75, 3.05) is 0 Å². The lowest BCUT2D eigenvalue weighted by molar-refractivity contribution is -0.384. The molecule has 5 nitrogen and oxygen atoms in total. The minimum Gasteiger partial charge on any atom is -0.289 e. The molecule has 102 valence electrons. The number of hydrogen-bond acceptors (Lipinski definition) is 4. The predicted octanol–water partition coefficient (Wildman–Crippen LogP) is 3.37. The summed E-state index contributed by atoms with van der Waals surface area (Å²) >= 11 is 0. The fourth-order valence-electron chi connectivity index (χ4n) is 2.10. The van der Waals surface area contributed by atoms with Crippen molar-refractivity contribution in [3.8, 4) is 0 Å². The maximum atomic E-state index is 12.4. The van der Waals surface area contributed by atoms with Gasteiger partial charge in [0, 0.05) is 34.8 Å². The Labute approximate surface area is 120 Å². The van der Waals surface area contributed by atoms with Crippen LogP contribution in [0.4, 0.5) is 5.69 Å². The van der Waals surface area contributed by atoms with Crippen molar-refractivity contribution in [3.63, 3.8) is 0 Å². The van der Waals surface area contributed by atoms with Gasteiger partial charge < -0.3 is 0 Å². The van der Waals surface area contributed by atoms with Gasteiger partial charge in [-0.3, -0.25) is 19.9 Å². The highest BCUT2D eigenvalue weighted by Gasteiger charge is 2.12. The molecule has 0 spiro atoms. The van der Waals surface area contributed by atoms with Crippen molar-refractivity contribution in [3.05, 3.63) is 82.0 Å². The number of carbonyl (C=O) groups is 1. The third kappa shape index (κ3) is 2.49. The van der Waals surface area contributed by atoms with Crippen LogP contribution in [0.5, 0.6) is 0 Å². The number of carbonyl (C=O) groups excluding carboxylic acids is 1. The molecular formula is C16H10N2O3. The molecule has 0 saturated heterocycles. The SMILES string of the molecule is O=C(c1ccc([N+](=O)[O-])cc1)c1cnc2ccccc2c1. The van der Waals surface area contributed by atoms with Crippen LogP contribution in [0.25, 0.3) is 10.9 Å². The van der Waals surface area contributed by atoms with Gasteiger partial charge in [0.25, 0.3) is 5.69 Å². The molecule has 0 radical (unpaired) electrons. The number of nitrogens with zero attached hydrogens (tertiary/aromatic N) is 2. The van der Waals surface area contributed by atoms with Crippen LogP contribution in [0.2, 0.25) is 0 Å². The highest BCUT2D eigenvalue weighted by molar-refractivity contribution is 6.10. The summed E-state index contributed by atoms with van der Waals surface area (Å²) in [6.45, 7) is 0. The van der Waals surface area contributed by atoms with E-state index in [-0.39, 0.29) is 11.5 Å². The second-order valence-electron chi connectivity index (χ2n) is 4.55. The third-order valence-corrected chi connectivity index (χ3v) is 3.19. The number of rotatable bonds is 3. The number of fused-ring (bicyclic) bond motifs is 1. The average Bonchev–Trinajstić information content (AvgIpc) is 2.54. The van der Waals surface area contributed by atoms with Crippen LogP contribution < -0.4 is 0 Å². The van der Waals surface area contributed by atoms with Crippen LogP contribution in [0.15, 0.2) is 60.8 Å². The van der Waals surface area contributed by atoms with E-state index >= 15 is 0 Å². The third-order valence-electron chi connectivity index (χ3n) is 3.19. The number of benzene rings is 2. The molecule has 0 N–H and O–H groups in total. The zero-order valence-corrected chi connectivity index (χ0v) is 10.9. The molecular weight excluding hydrogens is 268 g/mol. The fourth-order valence-corrected chi connectivity index (χ4v) is 2.10. The molecule has 0 fully saturated rings. The molecule has 0 atom stereocenters. The molecule has 0 aliphatic heterocycles. The monoisotopic (exact) mass is 278 g/mol. The van der Waals surface area contributed by atoms with Crippen molar-refractivity contribution in [2.24, 2.45) is 0 Å². The second-order valence-corrected chi connectivity index (χ2v) is 4.55. The van der Waals surface area contributed by atoms with Crippen LogP contribution in [-0.4, -0.2) is 15.7 Å². The van der Waals surface area contributed by atoms with Crippen molar-refractivity contribution in [1.82, 2.24) is 4.98 Å². The van der Waals surface area contributed by atoms with E-state index in [1.54, 1.807) is 6.07 Å². The van der Waals surface area contributed by atoms with Crippen LogP contribution in [-0.2, 0) is 0 Å². The van der Waals surface area contributed by atoms with Crippen molar-refractivity contribution in [2.45, 2.75) is 0 Å². The highest BCUT2D eigenvalue weighted by atomic mass is 16.6. The van der Waals surface area contributed by atoms with E-state index in [0.29, 0.717) is 11.1 Å². The van der Waals surface area contributed by atoms with E-state index in [2.05, 4.69) is 4.98 Å². The quantitative estimate of drug-likeness (QED) is 0.418. The number of para-hydroxylation sites is 1. The predicted molar refractivity (Wildman–Crippen MR) is 78.3 cm³/mol. The maximum Gasteiger partial charge on any atom is 0.269 e. The Morgan fingerprint density at radius 2 is 1.71 bits per heavy atom. The normalized spacial score (nSPS) is 10.5. The molecule has 21 heavy (non-hydrogen) atoms. The van der Waals surface area contributed by atoms with Crippen molar-refractivity contribution < 1.29 is 9.72 Å². The summed E-state index contributed by atoms with van der Waals surface area (Å²) in [6.07, 6.45) is 1.52. The Morgan fingerprint density at radius 3 is 2.43 bits per heavy atom. The Morgan fingerprint density at radius 1 is 1.00 bits per heavy atom. The molecule has 3 rings (SSSR count). The molecule has 2 aromatic carbocycles. The number of ketones is 1. The first kappa shape index (κ1) is 12.9. The van der Waals surface area contributed by atoms with Gasteiger partial charge in [-0.05, 0) is 24.3 Å². The number of pyridine rings is 1. The van der Waals surface area contributed by atoms with E-state index in [0.717, 1.165) is 10.9 Å². The van der Waals surface area contributed by atoms with Gasteiger partial charge in [-0.2, -0.15) is 0 Å². The lowest BCUT2D eigenvalue weighted by Crippen LogP contribution is -2.02. The lowest BCUT2D eigenvalue weighted by atomic mass is 10.0. The molecule has 3 aromatic rings. The Bertz CT molecular complexity index is 842. The number of nitro groups is 1. The van der Waals surface area contributed by atoms with Gasteiger partial charge in [0.2, 0.25) is 0 Å². The van der Waals surface area contributed by atoms with Crippen molar-refractivity contribution >= 4 is 22.4 Å². The standard InChI is InChI=1S/C16H10N2O3/c19-16(11-5-7-14(8-6-11)18(20)21)13-9-12-3-1-2-4-15(12)17-10-13/h1-10H. The van der Waals surface area contributed by atoms with E-state index in [1.165, 1.54) is 30.5 Å². The molecule has 0 aliphatic rings. The largest absolute Gasteiger partial charge is 0.289 e. The highest BCUT2D eigenvalue weighted by Crippen LogP contribution is 2.18. The Balaban J connectivity index is 1.97. The van der Waals surface area contributed by atoms with Crippen LogP contribution >= 0.6 is 0 Å². The summed E-state index contributed by atoms with van der Waals surface area (Å²) in [7, 11) is 0. The zero-order chi connectivity index (χ0) is 14.8. The van der Waals surface area contributed by atoms with Gasteiger partial charge >= 0.3 is 0 Å². The van der Waals surface area contributed by atoms with E-state index in [1.807, 2.05) is 24.3 Å². The maximum absolute atomic E-state index is 12.4. The molecule has 1 heterocycles. The van der Waals surface area contributed by atoms with Gasteiger partial charge in [-0.15, -0.1) is 0 Å². The number of aromatic nitrogens is 1. The number of non-ortho nitro benzene ring substituents is 1. The number of nitro benzene ring substituents is 1. The summed E-state index contributed by atoms with van der Waals surface area (Å²) in [6, 6.07) is 14.8. The summed E-state index contributed by atoms with van der Waals surface area (Å²) < 4.78 is 0. The smallest absolute Gasteiger partial charge is 0.269 e. The molecule has 0 saturated carbocycles. The molecule has 5 heteroatoms. The topological polar surface area (TPSA) is 73.1 Å². The van der Waals surface area contributed by atoms with Gasteiger partial charge in [0.1, 0.15) is 0 Å².